The zero-order valence-electron chi connectivity index (χ0n) is 18.4. The van der Waals surface area contributed by atoms with Crippen LogP contribution in [0.15, 0.2) is 36.8 Å². The van der Waals surface area contributed by atoms with Crippen LogP contribution in [-0.4, -0.2) is 43.1 Å². The van der Waals surface area contributed by atoms with E-state index in [2.05, 4.69) is 37.8 Å². The molecular weight excluding hydrogens is 418 g/mol. The number of carbonyl (C=O) groups is 1. The third-order valence-electron chi connectivity index (χ3n) is 6.00. The Bertz CT molecular complexity index is 1410. The minimum atomic E-state index is -0.217. The fourth-order valence-corrected chi connectivity index (χ4v) is 4.47. The quantitative estimate of drug-likeness (QED) is 0.515. The molecule has 1 amide bonds. The summed E-state index contributed by atoms with van der Waals surface area (Å²) in [6, 6.07) is 7.78. The van der Waals surface area contributed by atoms with Crippen LogP contribution in [0.4, 0.5) is 5.82 Å². The highest BCUT2D eigenvalue weighted by atomic mass is 16.5. The van der Waals surface area contributed by atoms with Crippen LogP contribution >= 0.6 is 0 Å². The Kier molecular flexibility index (Phi) is 5.44. The Balaban J connectivity index is 1.62. The van der Waals surface area contributed by atoms with Crippen molar-refractivity contribution in [3.8, 4) is 6.07 Å². The number of nitrogens with one attached hydrogen (secondary N) is 1. The number of amides is 1. The van der Waals surface area contributed by atoms with E-state index in [9.17, 15) is 10.1 Å². The van der Waals surface area contributed by atoms with Crippen LogP contribution in [0.2, 0.25) is 0 Å². The van der Waals surface area contributed by atoms with E-state index in [-0.39, 0.29) is 24.5 Å². The second-order valence-electron chi connectivity index (χ2n) is 8.31. The number of hydrogen-bond donors (Lipinski definition) is 1. The van der Waals surface area contributed by atoms with Gasteiger partial charge in [-0.2, -0.15) is 5.26 Å². The first-order chi connectivity index (χ1) is 16.0. The number of carbonyl (C=O) groups excluding carboxylic acids is 1. The maximum atomic E-state index is 13.0. The third-order valence-corrected chi connectivity index (χ3v) is 6.00. The molecule has 3 aromatic heterocycles. The molecule has 0 unspecified atom stereocenters. The third kappa shape index (κ3) is 4.01. The molecule has 0 saturated carbocycles. The molecule has 0 spiro atoms. The molecule has 9 nitrogen and oxygen atoms in total. The molecule has 0 radical (unpaired) electrons. The Hall–Kier alpha value is -3.90. The number of pyridine rings is 1. The van der Waals surface area contributed by atoms with Gasteiger partial charge in [0.1, 0.15) is 11.3 Å². The van der Waals surface area contributed by atoms with Gasteiger partial charge in [-0.15, -0.1) is 0 Å². The predicted octanol–water partition coefficient (Wildman–Crippen LogP) is 3.48. The van der Waals surface area contributed by atoms with E-state index in [0.29, 0.717) is 35.0 Å². The van der Waals surface area contributed by atoms with Gasteiger partial charge in [-0.05, 0) is 44.9 Å². The molecule has 1 fully saturated rings. The average molecular weight is 441 g/mol. The van der Waals surface area contributed by atoms with Gasteiger partial charge in [-0.1, -0.05) is 0 Å². The lowest BCUT2D eigenvalue weighted by Crippen LogP contribution is -2.28. The van der Waals surface area contributed by atoms with Crippen molar-refractivity contribution >= 4 is 33.7 Å². The molecule has 9 heteroatoms. The molecule has 2 atom stereocenters. The maximum Gasteiger partial charge on any atom is 0.233 e. The fraction of sp³-hybridized carbons (Fsp3) is 0.333. The number of aryl methyl sites for hydroxylation is 1. The number of imidazole rings is 1. The van der Waals surface area contributed by atoms with E-state index < -0.39 is 0 Å². The fourth-order valence-electron chi connectivity index (χ4n) is 4.47. The number of rotatable bonds is 4. The normalized spacial score (nSPS) is 18.3. The van der Waals surface area contributed by atoms with Crippen molar-refractivity contribution in [2.75, 3.05) is 11.9 Å². The van der Waals surface area contributed by atoms with Crippen LogP contribution in [0.3, 0.4) is 0 Å². The topological polar surface area (TPSA) is 119 Å². The summed E-state index contributed by atoms with van der Waals surface area (Å²) in [5.74, 6) is 0.876. The second-order valence-corrected chi connectivity index (χ2v) is 8.31. The Morgan fingerprint density at radius 3 is 2.91 bits per heavy atom. The standard InChI is InChI=1S/C24H23N7O2/c1-14-9-17(5-8-33-14)31-21(11-22(32)30-24-15(2)26-6-7-27-24)29-20-13-28-19-4-3-16(12-25)10-18(19)23(20)31/h3-4,6-7,10,13-14,17H,5,8-9,11H2,1-2H3,(H,27,30,32)/t14-,17-/m1/s1. The van der Waals surface area contributed by atoms with Gasteiger partial charge in [0.15, 0.2) is 5.82 Å². The van der Waals surface area contributed by atoms with Crippen molar-refractivity contribution in [3.05, 3.63) is 53.9 Å². The number of anilines is 1. The molecule has 4 heterocycles. The molecule has 166 valence electrons. The maximum absolute atomic E-state index is 13.0. The first-order valence-corrected chi connectivity index (χ1v) is 10.9. The SMILES string of the molecule is Cc1nccnc1NC(=O)Cc1nc2cnc3ccc(C#N)cc3c2n1[C@@H]1CCO[C@H](C)C1. The van der Waals surface area contributed by atoms with Crippen LogP contribution < -0.4 is 5.32 Å². The van der Waals surface area contributed by atoms with Gasteiger partial charge < -0.3 is 14.6 Å². The molecular formula is C24H23N7O2. The first kappa shape index (κ1) is 21.0. The van der Waals surface area contributed by atoms with E-state index in [1.807, 2.05) is 12.1 Å². The number of aromatic nitrogens is 5. The summed E-state index contributed by atoms with van der Waals surface area (Å²) in [6.45, 7) is 4.50. The van der Waals surface area contributed by atoms with E-state index >= 15 is 0 Å². The Labute approximate surface area is 190 Å². The van der Waals surface area contributed by atoms with Crippen molar-refractivity contribution in [2.24, 2.45) is 0 Å². The molecule has 1 aromatic carbocycles. The lowest BCUT2D eigenvalue weighted by Gasteiger charge is -2.30. The van der Waals surface area contributed by atoms with Gasteiger partial charge >= 0.3 is 0 Å². The molecule has 0 aliphatic carbocycles. The van der Waals surface area contributed by atoms with Crippen molar-refractivity contribution in [3.63, 3.8) is 0 Å². The van der Waals surface area contributed by atoms with Crippen LogP contribution in [0.5, 0.6) is 0 Å². The molecule has 1 N–H and O–H groups in total. The molecule has 33 heavy (non-hydrogen) atoms. The summed E-state index contributed by atoms with van der Waals surface area (Å²) in [7, 11) is 0. The number of ether oxygens (including phenoxy) is 1. The Morgan fingerprint density at radius 1 is 1.27 bits per heavy atom. The Morgan fingerprint density at radius 2 is 2.12 bits per heavy atom. The molecule has 4 aromatic rings. The lowest BCUT2D eigenvalue weighted by atomic mass is 10.0. The van der Waals surface area contributed by atoms with Crippen molar-refractivity contribution in [2.45, 2.75) is 45.3 Å². The number of nitriles is 1. The summed E-state index contributed by atoms with van der Waals surface area (Å²) in [5, 5.41) is 13.1. The monoisotopic (exact) mass is 441 g/mol. The smallest absolute Gasteiger partial charge is 0.233 e. The minimum Gasteiger partial charge on any atom is -0.378 e. The minimum absolute atomic E-state index is 0.0792. The van der Waals surface area contributed by atoms with Gasteiger partial charge in [0.05, 0.1) is 47.1 Å². The highest BCUT2D eigenvalue weighted by molar-refractivity contribution is 6.03. The van der Waals surface area contributed by atoms with Gasteiger partial charge in [-0.3, -0.25) is 14.8 Å². The number of hydrogen-bond acceptors (Lipinski definition) is 7. The molecule has 1 saturated heterocycles. The van der Waals surface area contributed by atoms with Crippen LogP contribution in [0.25, 0.3) is 21.9 Å². The van der Waals surface area contributed by atoms with Crippen LogP contribution in [0.1, 0.15) is 42.9 Å². The highest BCUT2D eigenvalue weighted by Crippen LogP contribution is 2.34. The van der Waals surface area contributed by atoms with Gasteiger partial charge in [0.25, 0.3) is 0 Å². The summed E-state index contributed by atoms with van der Waals surface area (Å²) in [5.41, 5.74) is 3.60. The number of nitrogens with zero attached hydrogens (tertiary/aromatic N) is 6. The molecule has 1 aliphatic heterocycles. The average Bonchev–Trinajstić information content (AvgIpc) is 3.18. The van der Waals surface area contributed by atoms with E-state index in [1.165, 1.54) is 0 Å². The van der Waals surface area contributed by atoms with E-state index in [4.69, 9.17) is 9.72 Å². The number of fused-ring (bicyclic) bond motifs is 3. The predicted molar refractivity (Wildman–Crippen MR) is 123 cm³/mol. The molecule has 0 bridgehead atoms. The summed E-state index contributed by atoms with van der Waals surface area (Å²) in [4.78, 5) is 30.7. The zero-order chi connectivity index (χ0) is 22.9. The second kappa shape index (κ2) is 8.56. The van der Waals surface area contributed by atoms with Gasteiger partial charge in [0, 0.05) is 30.4 Å². The van der Waals surface area contributed by atoms with Crippen molar-refractivity contribution in [1.29, 1.82) is 5.26 Å². The van der Waals surface area contributed by atoms with Crippen molar-refractivity contribution in [1.82, 2.24) is 24.5 Å². The zero-order valence-corrected chi connectivity index (χ0v) is 18.4. The molecule has 1 aliphatic rings. The highest BCUT2D eigenvalue weighted by Gasteiger charge is 2.27. The largest absolute Gasteiger partial charge is 0.378 e. The summed E-state index contributed by atoms with van der Waals surface area (Å²) >= 11 is 0. The first-order valence-electron chi connectivity index (χ1n) is 10.9. The van der Waals surface area contributed by atoms with E-state index in [0.717, 1.165) is 29.3 Å². The van der Waals surface area contributed by atoms with E-state index in [1.54, 1.807) is 31.6 Å². The van der Waals surface area contributed by atoms with Gasteiger partial charge in [-0.25, -0.2) is 9.97 Å². The summed E-state index contributed by atoms with van der Waals surface area (Å²) in [6.07, 6.45) is 6.68. The molecule has 5 rings (SSSR count). The lowest BCUT2D eigenvalue weighted by molar-refractivity contribution is -0.115. The van der Waals surface area contributed by atoms with Crippen LogP contribution in [0, 0.1) is 18.3 Å². The number of benzene rings is 1. The van der Waals surface area contributed by atoms with Crippen LogP contribution in [-0.2, 0) is 16.0 Å². The van der Waals surface area contributed by atoms with Gasteiger partial charge in [0.2, 0.25) is 5.91 Å². The summed E-state index contributed by atoms with van der Waals surface area (Å²) < 4.78 is 7.93. The van der Waals surface area contributed by atoms with Crippen molar-refractivity contribution < 1.29 is 9.53 Å².